The minimum Gasteiger partial charge on any atom is -0.370 e. The first-order valence-corrected chi connectivity index (χ1v) is 6.93. The Morgan fingerprint density at radius 2 is 2.11 bits per heavy atom. The minimum atomic E-state index is 0.0440. The van der Waals surface area contributed by atoms with Crippen LogP contribution in [0.25, 0.3) is 0 Å². The smallest absolute Gasteiger partial charge is 0.224 e. The van der Waals surface area contributed by atoms with Crippen LogP contribution in [-0.2, 0) is 4.79 Å². The van der Waals surface area contributed by atoms with E-state index in [-0.39, 0.29) is 5.91 Å². The maximum absolute atomic E-state index is 11.5. The molecular formula is C14H19ClN2O. The van der Waals surface area contributed by atoms with Gasteiger partial charge >= 0.3 is 0 Å². The summed E-state index contributed by atoms with van der Waals surface area (Å²) in [5, 5.41) is 3.57. The van der Waals surface area contributed by atoms with Crippen molar-refractivity contribution in [3.05, 3.63) is 23.2 Å². The van der Waals surface area contributed by atoms with Gasteiger partial charge in [0.05, 0.1) is 10.7 Å². The molecule has 0 spiro atoms. The van der Waals surface area contributed by atoms with Crippen LogP contribution in [0.15, 0.2) is 18.2 Å². The molecule has 1 aromatic carbocycles. The molecule has 0 aromatic heterocycles. The van der Waals surface area contributed by atoms with Gasteiger partial charge < -0.3 is 10.2 Å². The van der Waals surface area contributed by atoms with Crippen molar-refractivity contribution in [1.29, 1.82) is 0 Å². The Balaban J connectivity index is 2.07. The summed E-state index contributed by atoms with van der Waals surface area (Å²) in [7, 11) is 0. The Kier molecular flexibility index (Phi) is 4.48. The Hall–Kier alpha value is -1.22. The number of hydrogen-bond acceptors (Lipinski definition) is 2. The summed E-state index contributed by atoms with van der Waals surface area (Å²) < 4.78 is 0. The van der Waals surface area contributed by atoms with Crippen LogP contribution < -0.4 is 10.2 Å². The molecule has 0 atom stereocenters. The normalized spacial score (nSPS) is 14.9. The second-order valence-electron chi connectivity index (χ2n) is 4.66. The van der Waals surface area contributed by atoms with Crippen molar-refractivity contribution in [2.24, 2.45) is 0 Å². The first-order chi connectivity index (χ1) is 8.70. The maximum atomic E-state index is 11.5. The molecule has 1 aromatic rings. The molecule has 2 rings (SSSR count). The van der Waals surface area contributed by atoms with Crippen molar-refractivity contribution in [2.75, 3.05) is 23.3 Å². The van der Waals surface area contributed by atoms with Gasteiger partial charge in [0.15, 0.2) is 0 Å². The summed E-state index contributed by atoms with van der Waals surface area (Å²) in [6, 6.07) is 5.76. The van der Waals surface area contributed by atoms with Gasteiger partial charge in [-0.1, -0.05) is 18.5 Å². The number of anilines is 2. The summed E-state index contributed by atoms with van der Waals surface area (Å²) in [5.41, 5.74) is 1.85. The largest absolute Gasteiger partial charge is 0.370 e. The molecule has 98 valence electrons. The summed E-state index contributed by atoms with van der Waals surface area (Å²) >= 11 is 6.28. The van der Waals surface area contributed by atoms with E-state index < -0.39 is 0 Å². The van der Waals surface area contributed by atoms with E-state index in [1.165, 1.54) is 12.8 Å². The average molecular weight is 267 g/mol. The quantitative estimate of drug-likeness (QED) is 0.902. The third kappa shape index (κ3) is 3.16. The molecular weight excluding hydrogens is 248 g/mol. The van der Waals surface area contributed by atoms with Gasteiger partial charge in [0.2, 0.25) is 5.91 Å². The zero-order chi connectivity index (χ0) is 13.0. The number of nitrogens with one attached hydrogen (secondary N) is 1. The van der Waals surface area contributed by atoms with Gasteiger partial charge in [-0.15, -0.1) is 0 Å². The maximum Gasteiger partial charge on any atom is 0.224 e. The van der Waals surface area contributed by atoms with Crippen molar-refractivity contribution in [1.82, 2.24) is 0 Å². The van der Waals surface area contributed by atoms with Crippen LogP contribution >= 0.6 is 11.6 Å². The highest BCUT2D eigenvalue weighted by Gasteiger charge is 2.15. The zero-order valence-corrected chi connectivity index (χ0v) is 11.5. The highest BCUT2D eigenvalue weighted by Crippen LogP contribution is 2.31. The zero-order valence-electron chi connectivity index (χ0n) is 10.7. The third-order valence-corrected chi connectivity index (χ3v) is 3.46. The monoisotopic (exact) mass is 266 g/mol. The lowest BCUT2D eigenvalue weighted by Gasteiger charge is -2.19. The van der Waals surface area contributed by atoms with Crippen LogP contribution in [0.4, 0.5) is 11.4 Å². The van der Waals surface area contributed by atoms with Crippen molar-refractivity contribution >= 4 is 28.9 Å². The molecule has 0 aliphatic carbocycles. The molecule has 0 bridgehead atoms. The van der Waals surface area contributed by atoms with E-state index in [0.717, 1.165) is 30.9 Å². The highest BCUT2D eigenvalue weighted by molar-refractivity contribution is 6.33. The summed E-state index contributed by atoms with van der Waals surface area (Å²) in [6.07, 6.45) is 3.85. The second-order valence-corrected chi connectivity index (χ2v) is 5.07. The molecule has 4 heteroatoms. The lowest BCUT2D eigenvalue weighted by atomic mass is 10.2. The molecule has 3 nitrogen and oxygen atoms in total. The molecule has 1 fully saturated rings. The Bertz CT molecular complexity index is 428. The van der Waals surface area contributed by atoms with E-state index >= 15 is 0 Å². The van der Waals surface area contributed by atoms with Crippen molar-refractivity contribution in [3.63, 3.8) is 0 Å². The molecule has 0 radical (unpaired) electrons. The van der Waals surface area contributed by atoms with Gasteiger partial charge in [-0.05, 0) is 37.5 Å². The number of amides is 1. The highest BCUT2D eigenvalue weighted by atomic mass is 35.5. The molecule has 1 heterocycles. The van der Waals surface area contributed by atoms with E-state index in [4.69, 9.17) is 11.6 Å². The molecule has 1 aliphatic rings. The number of hydrogen-bond donors (Lipinski definition) is 1. The van der Waals surface area contributed by atoms with Crippen LogP contribution in [0.2, 0.25) is 5.02 Å². The predicted octanol–water partition coefficient (Wildman–Crippen LogP) is 3.68. The number of benzene rings is 1. The van der Waals surface area contributed by atoms with Crippen LogP contribution in [-0.4, -0.2) is 19.0 Å². The number of nitrogens with zero attached hydrogens (tertiary/aromatic N) is 1. The Labute approximate surface area is 113 Å². The Morgan fingerprint density at radius 1 is 1.39 bits per heavy atom. The SMILES string of the molecule is CCCC(=O)Nc1ccc(N2CCCC2)c(Cl)c1. The van der Waals surface area contributed by atoms with Gasteiger partial charge in [-0.3, -0.25) is 4.79 Å². The summed E-state index contributed by atoms with van der Waals surface area (Å²) in [6.45, 7) is 4.13. The van der Waals surface area contributed by atoms with Gasteiger partial charge in [-0.25, -0.2) is 0 Å². The number of carbonyl (C=O) groups is 1. The molecule has 1 aliphatic heterocycles. The second kappa shape index (κ2) is 6.10. The van der Waals surface area contributed by atoms with Crippen LogP contribution in [0.5, 0.6) is 0 Å². The van der Waals surface area contributed by atoms with E-state index in [2.05, 4.69) is 10.2 Å². The molecule has 1 amide bonds. The fourth-order valence-electron chi connectivity index (χ4n) is 2.25. The fraction of sp³-hybridized carbons (Fsp3) is 0.500. The van der Waals surface area contributed by atoms with Gasteiger partial charge in [0.25, 0.3) is 0 Å². The van der Waals surface area contributed by atoms with Crippen LogP contribution in [0, 0.1) is 0 Å². The van der Waals surface area contributed by atoms with Gasteiger partial charge in [0.1, 0.15) is 0 Å². The van der Waals surface area contributed by atoms with E-state index in [1.54, 1.807) is 0 Å². The van der Waals surface area contributed by atoms with E-state index in [9.17, 15) is 4.79 Å². The first-order valence-electron chi connectivity index (χ1n) is 6.55. The topological polar surface area (TPSA) is 32.3 Å². The molecule has 0 unspecified atom stereocenters. The Morgan fingerprint density at radius 3 is 2.72 bits per heavy atom. The fourth-order valence-corrected chi connectivity index (χ4v) is 2.55. The van der Waals surface area contributed by atoms with Crippen molar-refractivity contribution < 1.29 is 4.79 Å². The third-order valence-electron chi connectivity index (χ3n) is 3.16. The molecule has 1 N–H and O–H groups in total. The first kappa shape index (κ1) is 13.2. The van der Waals surface area contributed by atoms with E-state index in [1.807, 2.05) is 25.1 Å². The standard InChI is InChI=1S/C14H19ClN2O/c1-2-5-14(18)16-11-6-7-13(12(15)10-11)17-8-3-4-9-17/h6-7,10H,2-5,8-9H2,1H3,(H,16,18). The van der Waals surface area contributed by atoms with Gasteiger partial charge in [0, 0.05) is 25.2 Å². The van der Waals surface area contributed by atoms with Gasteiger partial charge in [-0.2, -0.15) is 0 Å². The van der Waals surface area contributed by atoms with Crippen molar-refractivity contribution in [2.45, 2.75) is 32.6 Å². The predicted molar refractivity (Wildman–Crippen MR) is 76.4 cm³/mol. The number of rotatable bonds is 4. The lowest BCUT2D eigenvalue weighted by Crippen LogP contribution is -2.18. The van der Waals surface area contributed by atoms with Crippen LogP contribution in [0.1, 0.15) is 32.6 Å². The number of halogens is 1. The summed E-state index contributed by atoms with van der Waals surface area (Å²) in [4.78, 5) is 13.8. The average Bonchev–Trinajstić information content (AvgIpc) is 2.82. The lowest BCUT2D eigenvalue weighted by molar-refractivity contribution is -0.116. The molecule has 1 saturated heterocycles. The van der Waals surface area contributed by atoms with Crippen LogP contribution in [0.3, 0.4) is 0 Å². The molecule has 0 saturated carbocycles. The van der Waals surface area contributed by atoms with E-state index in [0.29, 0.717) is 11.4 Å². The molecule has 18 heavy (non-hydrogen) atoms. The minimum absolute atomic E-state index is 0.0440. The number of carbonyl (C=O) groups excluding carboxylic acids is 1. The summed E-state index contributed by atoms with van der Waals surface area (Å²) in [5.74, 6) is 0.0440. The van der Waals surface area contributed by atoms with Crippen molar-refractivity contribution in [3.8, 4) is 0 Å².